The highest BCUT2D eigenvalue weighted by Gasteiger charge is 2.27. The smallest absolute Gasteiger partial charge is 0.267 e. The molecule has 0 bridgehead atoms. The van der Waals surface area contributed by atoms with Crippen molar-refractivity contribution in [3.05, 3.63) is 70.8 Å². The molecule has 1 heterocycles. The van der Waals surface area contributed by atoms with Gasteiger partial charge < -0.3 is 0 Å². The van der Waals surface area contributed by atoms with Gasteiger partial charge in [-0.25, -0.2) is 13.8 Å². The standard InChI is InChI=1S/C20H20ClN3O3S/c21-18(13-16-7-2-1-3-8-16)15-22-23-20(25)17-9-6-10-19(14-17)28(26,27)24-11-4-5-12-24/h1-3,6-10,13-15H,4-5,11-12H2,(H,23,25)/b18-13+,22-15+. The average molecular weight is 418 g/mol. The molecule has 1 fully saturated rings. The number of rotatable bonds is 6. The number of hydrogen-bond donors (Lipinski definition) is 1. The first-order valence-electron chi connectivity index (χ1n) is 8.83. The van der Waals surface area contributed by atoms with Gasteiger partial charge in [0.25, 0.3) is 5.91 Å². The molecule has 0 aliphatic carbocycles. The second-order valence-corrected chi connectivity index (χ2v) is 8.65. The van der Waals surface area contributed by atoms with Crippen molar-refractivity contribution in [2.75, 3.05) is 13.1 Å². The zero-order chi connectivity index (χ0) is 20.0. The molecular weight excluding hydrogens is 398 g/mol. The zero-order valence-electron chi connectivity index (χ0n) is 15.1. The van der Waals surface area contributed by atoms with E-state index in [1.165, 1.54) is 28.7 Å². The molecule has 28 heavy (non-hydrogen) atoms. The van der Waals surface area contributed by atoms with E-state index in [4.69, 9.17) is 11.6 Å². The Labute approximate surface area is 169 Å². The van der Waals surface area contributed by atoms with E-state index < -0.39 is 15.9 Å². The summed E-state index contributed by atoms with van der Waals surface area (Å²) in [5.74, 6) is -0.515. The molecule has 146 valence electrons. The van der Waals surface area contributed by atoms with Crippen molar-refractivity contribution >= 4 is 39.8 Å². The van der Waals surface area contributed by atoms with Gasteiger partial charge in [0, 0.05) is 18.7 Å². The molecule has 1 saturated heterocycles. The number of nitrogens with one attached hydrogen (secondary N) is 1. The normalized spacial score (nSPS) is 15.8. The fourth-order valence-corrected chi connectivity index (χ4v) is 4.58. The molecule has 0 spiro atoms. The molecule has 8 heteroatoms. The molecule has 0 saturated carbocycles. The zero-order valence-corrected chi connectivity index (χ0v) is 16.7. The van der Waals surface area contributed by atoms with Gasteiger partial charge in [-0.3, -0.25) is 4.79 Å². The van der Waals surface area contributed by atoms with Crippen LogP contribution in [0.3, 0.4) is 0 Å². The van der Waals surface area contributed by atoms with Crippen LogP contribution < -0.4 is 5.43 Å². The third-order valence-corrected chi connectivity index (χ3v) is 6.36. The van der Waals surface area contributed by atoms with Crippen LogP contribution >= 0.6 is 11.6 Å². The highest BCUT2D eigenvalue weighted by atomic mass is 35.5. The third kappa shape index (κ3) is 5.07. The van der Waals surface area contributed by atoms with E-state index in [9.17, 15) is 13.2 Å². The van der Waals surface area contributed by atoms with Crippen molar-refractivity contribution in [2.45, 2.75) is 17.7 Å². The summed E-state index contributed by atoms with van der Waals surface area (Å²) in [4.78, 5) is 12.4. The molecule has 0 radical (unpaired) electrons. The first-order chi connectivity index (χ1) is 13.5. The molecular formula is C20H20ClN3O3S. The van der Waals surface area contributed by atoms with Gasteiger partial charge in [0.1, 0.15) is 0 Å². The SMILES string of the molecule is O=C(N/N=C/C(Cl)=C\c1ccccc1)c1cccc(S(=O)(=O)N2CCCC2)c1. The number of nitrogens with zero attached hydrogens (tertiary/aromatic N) is 2. The van der Waals surface area contributed by atoms with Crippen LogP contribution in [0, 0.1) is 0 Å². The molecule has 1 N–H and O–H groups in total. The van der Waals surface area contributed by atoms with Gasteiger partial charge in [-0.1, -0.05) is 48.0 Å². The topological polar surface area (TPSA) is 78.8 Å². The third-order valence-electron chi connectivity index (χ3n) is 4.26. The number of halogens is 1. The van der Waals surface area contributed by atoms with E-state index >= 15 is 0 Å². The Morgan fingerprint density at radius 3 is 2.50 bits per heavy atom. The maximum atomic E-state index is 12.6. The average Bonchev–Trinajstić information content (AvgIpc) is 3.24. The number of benzene rings is 2. The molecule has 0 aromatic heterocycles. The van der Waals surface area contributed by atoms with Gasteiger partial charge in [-0.15, -0.1) is 0 Å². The van der Waals surface area contributed by atoms with Crippen LogP contribution in [-0.2, 0) is 10.0 Å². The van der Waals surface area contributed by atoms with E-state index in [2.05, 4.69) is 10.5 Å². The Balaban J connectivity index is 1.67. The summed E-state index contributed by atoms with van der Waals surface area (Å²) in [6, 6.07) is 15.4. The lowest BCUT2D eigenvalue weighted by Gasteiger charge is -2.15. The molecule has 6 nitrogen and oxygen atoms in total. The number of amides is 1. The minimum absolute atomic E-state index is 0.105. The predicted octanol–water partition coefficient (Wildman–Crippen LogP) is 3.47. The Bertz CT molecular complexity index is 998. The summed E-state index contributed by atoms with van der Waals surface area (Å²) in [7, 11) is -3.58. The van der Waals surface area contributed by atoms with Crippen LogP contribution in [0.1, 0.15) is 28.8 Å². The molecule has 1 aliphatic heterocycles. The van der Waals surface area contributed by atoms with Gasteiger partial charge in [0.15, 0.2) is 0 Å². The van der Waals surface area contributed by atoms with Crippen molar-refractivity contribution in [1.29, 1.82) is 0 Å². The fraction of sp³-hybridized carbons (Fsp3) is 0.200. The molecule has 1 aliphatic rings. The summed E-state index contributed by atoms with van der Waals surface area (Å²) < 4.78 is 26.7. The van der Waals surface area contributed by atoms with Gasteiger partial charge in [-0.2, -0.15) is 9.41 Å². The number of carbonyl (C=O) groups is 1. The van der Waals surface area contributed by atoms with E-state index in [0.29, 0.717) is 18.1 Å². The lowest BCUT2D eigenvalue weighted by atomic mass is 10.2. The monoisotopic (exact) mass is 417 g/mol. The summed E-state index contributed by atoms with van der Waals surface area (Å²) in [6.07, 6.45) is 4.73. The summed E-state index contributed by atoms with van der Waals surface area (Å²) in [5.41, 5.74) is 3.48. The van der Waals surface area contributed by atoms with Crippen LogP contribution in [-0.4, -0.2) is 37.9 Å². The van der Waals surface area contributed by atoms with Crippen LogP contribution in [0.2, 0.25) is 0 Å². The Morgan fingerprint density at radius 1 is 1.07 bits per heavy atom. The first kappa shape index (κ1) is 20.3. The van der Waals surface area contributed by atoms with E-state index in [0.717, 1.165) is 18.4 Å². The Morgan fingerprint density at radius 2 is 1.79 bits per heavy atom. The summed E-state index contributed by atoms with van der Waals surface area (Å²) in [6.45, 7) is 1.02. The molecule has 1 amide bonds. The molecule has 2 aromatic carbocycles. The van der Waals surface area contributed by atoms with Crippen LogP contribution in [0.25, 0.3) is 6.08 Å². The fourth-order valence-electron chi connectivity index (χ4n) is 2.84. The minimum Gasteiger partial charge on any atom is -0.267 e. The minimum atomic E-state index is -3.58. The van der Waals surface area contributed by atoms with Crippen LogP contribution in [0.5, 0.6) is 0 Å². The lowest BCUT2D eigenvalue weighted by molar-refractivity contribution is 0.0955. The van der Waals surface area contributed by atoms with Crippen molar-refractivity contribution in [1.82, 2.24) is 9.73 Å². The number of sulfonamides is 1. The molecule has 0 unspecified atom stereocenters. The van der Waals surface area contributed by atoms with Crippen LogP contribution in [0.4, 0.5) is 0 Å². The Hall–Kier alpha value is -2.48. The van der Waals surface area contributed by atoms with Crippen molar-refractivity contribution in [3.8, 4) is 0 Å². The maximum Gasteiger partial charge on any atom is 0.271 e. The van der Waals surface area contributed by atoms with E-state index in [-0.39, 0.29) is 10.5 Å². The van der Waals surface area contributed by atoms with Gasteiger partial charge in [0.05, 0.1) is 16.1 Å². The number of hydrogen-bond acceptors (Lipinski definition) is 4. The molecule has 0 atom stereocenters. The van der Waals surface area contributed by atoms with E-state index in [1.807, 2.05) is 30.3 Å². The highest BCUT2D eigenvalue weighted by Crippen LogP contribution is 2.21. The van der Waals surface area contributed by atoms with Crippen LogP contribution in [0.15, 0.2) is 69.6 Å². The highest BCUT2D eigenvalue weighted by molar-refractivity contribution is 7.89. The largest absolute Gasteiger partial charge is 0.271 e. The van der Waals surface area contributed by atoms with Gasteiger partial charge in [0.2, 0.25) is 10.0 Å². The second kappa shape index (κ2) is 9.14. The summed E-state index contributed by atoms with van der Waals surface area (Å²) in [5, 5.41) is 4.17. The summed E-state index contributed by atoms with van der Waals surface area (Å²) >= 11 is 6.08. The second-order valence-electron chi connectivity index (χ2n) is 6.28. The van der Waals surface area contributed by atoms with Crippen molar-refractivity contribution < 1.29 is 13.2 Å². The van der Waals surface area contributed by atoms with Gasteiger partial charge >= 0.3 is 0 Å². The first-order valence-corrected chi connectivity index (χ1v) is 10.6. The predicted molar refractivity (Wildman–Crippen MR) is 111 cm³/mol. The van der Waals surface area contributed by atoms with Crippen molar-refractivity contribution in [2.24, 2.45) is 5.10 Å². The lowest BCUT2D eigenvalue weighted by Crippen LogP contribution is -2.28. The number of carbonyl (C=O) groups excluding carboxylic acids is 1. The van der Waals surface area contributed by atoms with Crippen molar-refractivity contribution in [3.63, 3.8) is 0 Å². The molecule has 2 aromatic rings. The Kier molecular flexibility index (Phi) is 6.61. The maximum absolute atomic E-state index is 12.6. The molecule has 3 rings (SSSR count). The van der Waals surface area contributed by atoms with Gasteiger partial charge in [-0.05, 0) is 42.7 Å². The van der Waals surface area contributed by atoms with E-state index in [1.54, 1.807) is 12.1 Å². The number of allylic oxidation sites excluding steroid dienone is 1. The quantitative estimate of drug-likeness (QED) is 0.577. The number of hydrazone groups is 1.